The number of halogens is 1. The van der Waals surface area contributed by atoms with Crippen molar-refractivity contribution in [3.8, 4) is 5.75 Å². The monoisotopic (exact) mass is 214 g/mol. The smallest absolute Gasteiger partial charge is 0.159 e. The minimum atomic E-state index is -0.0631. The van der Waals surface area contributed by atoms with Gasteiger partial charge >= 0.3 is 0 Å². The Hall–Kier alpha value is -1.35. The van der Waals surface area contributed by atoms with Crippen LogP contribution in [0.4, 0.5) is 0 Å². The van der Waals surface area contributed by atoms with E-state index in [-0.39, 0.29) is 16.6 Å². The third-order valence-corrected chi connectivity index (χ3v) is 1.66. The number of hydrogen-bond donors (Lipinski definition) is 1. The van der Waals surface area contributed by atoms with E-state index in [1.807, 2.05) is 0 Å². The molecule has 0 amide bonds. The minimum Gasteiger partial charge on any atom is -0.506 e. The molecule has 0 fully saturated rings. The lowest BCUT2D eigenvalue weighted by atomic mass is 10.1. The molecule has 76 valence electrons. The normalized spacial score (nSPS) is 8.50. The molecule has 0 unspecified atom stereocenters. The highest BCUT2D eigenvalue weighted by molar-refractivity contribution is 6.32. The lowest BCUT2D eigenvalue weighted by molar-refractivity contribution is -0.106. The average molecular weight is 215 g/mol. The van der Waals surface area contributed by atoms with E-state index in [0.29, 0.717) is 5.56 Å². The van der Waals surface area contributed by atoms with E-state index in [2.05, 4.69) is 0 Å². The highest BCUT2D eigenvalue weighted by Gasteiger charge is 2.02. The van der Waals surface area contributed by atoms with Crippen molar-refractivity contribution in [3.63, 3.8) is 0 Å². The van der Waals surface area contributed by atoms with Gasteiger partial charge in [-0.1, -0.05) is 11.6 Å². The molecule has 0 radical (unpaired) electrons. The molecule has 1 rings (SSSR count). The number of aldehydes is 1. The van der Waals surface area contributed by atoms with Crippen molar-refractivity contribution >= 4 is 23.7 Å². The summed E-state index contributed by atoms with van der Waals surface area (Å²) >= 11 is 5.56. The summed E-state index contributed by atoms with van der Waals surface area (Å²) in [6, 6.07) is 4.38. The van der Waals surface area contributed by atoms with Gasteiger partial charge in [-0.05, 0) is 32.0 Å². The predicted molar refractivity (Wildman–Crippen MR) is 54.9 cm³/mol. The molecule has 1 aromatic rings. The second-order valence-corrected chi connectivity index (χ2v) is 2.87. The minimum absolute atomic E-state index is 0.00309. The fraction of sp³-hybridized carbons (Fsp3) is 0.200. The number of ketones is 1. The van der Waals surface area contributed by atoms with E-state index in [1.54, 1.807) is 0 Å². The Balaban J connectivity index is 0.000000500. The molecule has 1 N–H and O–H groups in total. The van der Waals surface area contributed by atoms with Crippen LogP contribution in [0.1, 0.15) is 24.2 Å². The maximum Gasteiger partial charge on any atom is 0.159 e. The topological polar surface area (TPSA) is 54.4 Å². The lowest BCUT2D eigenvalue weighted by Gasteiger charge is -1.97. The standard InChI is InChI=1S/C8H7ClO2.C2H4O/c1-5(10)6-2-3-8(11)7(9)4-6;1-2-3/h2-4,11H,1H3;2H,1H3. The van der Waals surface area contributed by atoms with Gasteiger partial charge in [0.2, 0.25) is 0 Å². The molecule has 1 aromatic carbocycles. The van der Waals surface area contributed by atoms with Crippen LogP contribution >= 0.6 is 11.6 Å². The van der Waals surface area contributed by atoms with Gasteiger partial charge in [0.25, 0.3) is 0 Å². The second-order valence-electron chi connectivity index (χ2n) is 2.46. The molecule has 3 nitrogen and oxygen atoms in total. The Morgan fingerprint density at radius 2 is 2.00 bits per heavy atom. The van der Waals surface area contributed by atoms with Gasteiger partial charge in [0.1, 0.15) is 12.0 Å². The summed E-state index contributed by atoms with van der Waals surface area (Å²) in [4.78, 5) is 19.6. The Morgan fingerprint density at radius 3 is 2.36 bits per heavy atom. The fourth-order valence-electron chi connectivity index (χ4n) is 0.726. The summed E-state index contributed by atoms with van der Waals surface area (Å²) in [5.74, 6) is -0.0661. The van der Waals surface area contributed by atoms with Crippen molar-refractivity contribution in [1.82, 2.24) is 0 Å². The van der Waals surface area contributed by atoms with Crippen molar-refractivity contribution in [2.45, 2.75) is 13.8 Å². The van der Waals surface area contributed by atoms with Crippen molar-refractivity contribution < 1.29 is 14.7 Å². The van der Waals surface area contributed by atoms with Gasteiger partial charge in [-0.3, -0.25) is 4.79 Å². The molecular weight excluding hydrogens is 204 g/mol. The molecular formula is C10H11ClO3. The maximum absolute atomic E-state index is 10.8. The number of aromatic hydroxyl groups is 1. The predicted octanol–water partition coefficient (Wildman–Crippen LogP) is 2.45. The highest BCUT2D eigenvalue weighted by atomic mass is 35.5. The van der Waals surface area contributed by atoms with E-state index in [4.69, 9.17) is 21.5 Å². The Labute approximate surface area is 87.3 Å². The first-order valence-corrected chi connectivity index (χ1v) is 4.30. The molecule has 0 saturated carbocycles. The number of rotatable bonds is 1. The number of benzene rings is 1. The second kappa shape index (κ2) is 6.16. The SMILES string of the molecule is CC(=O)c1ccc(O)c(Cl)c1.CC=O. The van der Waals surface area contributed by atoms with Crippen LogP contribution in [0.25, 0.3) is 0 Å². The summed E-state index contributed by atoms with van der Waals surface area (Å²) in [5.41, 5.74) is 0.507. The average Bonchev–Trinajstić information content (AvgIpc) is 2.10. The zero-order valence-electron chi connectivity index (χ0n) is 7.95. The zero-order chi connectivity index (χ0) is 11.1. The molecule has 0 aliphatic heterocycles. The molecule has 0 bridgehead atoms. The number of phenols is 1. The Kier molecular flexibility index (Phi) is 5.56. The van der Waals surface area contributed by atoms with Gasteiger partial charge < -0.3 is 9.90 Å². The van der Waals surface area contributed by atoms with E-state index in [9.17, 15) is 4.79 Å². The van der Waals surface area contributed by atoms with Crippen molar-refractivity contribution in [2.75, 3.05) is 0 Å². The van der Waals surface area contributed by atoms with Crippen LogP contribution in [0.15, 0.2) is 18.2 Å². The third-order valence-electron chi connectivity index (χ3n) is 1.35. The first kappa shape index (κ1) is 12.7. The number of carbonyl (C=O) groups excluding carboxylic acids is 2. The van der Waals surface area contributed by atoms with Crippen LogP contribution in [0.5, 0.6) is 5.75 Å². The summed E-state index contributed by atoms with van der Waals surface area (Å²) in [6.45, 7) is 2.89. The summed E-state index contributed by atoms with van der Waals surface area (Å²) in [7, 11) is 0. The number of phenolic OH excluding ortho intramolecular Hbond substituents is 1. The third kappa shape index (κ3) is 4.05. The number of carbonyl (C=O) groups is 2. The maximum atomic E-state index is 10.8. The van der Waals surface area contributed by atoms with Crippen LogP contribution in [0.2, 0.25) is 5.02 Å². The molecule has 0 heterocycles. The molecule has 14 heavy (non-hydrogen) atoms. The van der Waals surface area contributed by atoms with Crippen molar-refractivity contribution in [3.05, 3.63) is 28.8 Å². The first-order valence-electron chi connectivity index (χ1n) is 3.92. The molecule has 0 aromatic heterocycles. The summed E-state index contributed by atoms with van der Waals surface area (Å²) in [6.07, 6.45) is 0.750. The van der Waals surface area contributed by atoms with Gasteiger partial charge in [-0.15, -0.1) is 0 Å². The highest BCUT2D eigenvalue weighted by Crippen LogP contribution is 2.23. The largest absolute Gasteiger partial charge is 0.506 e. The van der Waals surface area contributed by atoms with Gasteiger partial charge in [-0.25, -0.2) is 0 Å². The van der Waals surface area contributed by atoms with Crippen molar-refractivity contribution in [1.29, 1.82) is 0 Å². The molecule has 0 spiro atoms. The van der Waals surface area contributed by atoms with E-state index in [1.165, 1.54) is 32.0 Å². The van der Waals surface area contributed by atoms with E-state index in [0.717, 1.165) is 6.29 Å². The van der Waals surface area contributed by atoms with E-state index >= 15 is 0 Å². The molecule has 0 saturated heterocycles. The number of hydrogen-bond acceptors (Lipinski definition) is 3. The van der Waals surface area contributed by atoms with Crippen LogP contribution < -0.4 is 0 Å². The molecule has 0 atom stereocenters. The van der Waals surface area contributed by atoms with Gasteiger partial charge in [0.05, 0.1) is 5.02 Å². The number of Topliss-reactive ketones (excluding diaryl/α,β-unsaturated/α-hetero) is 1. The first-order chi connectivity index (χ1) is 6.52. The van der Waals surface area contributed by atoms with Gasteiger partial charge in [0, 0.05) is 5.56 Å². The van der Waals surface area contributed by atoms with Crippen LogP contribution in [-0.4, -0.2) is 17.2 Å². The zero-order valence-corrected chi connectivity index (χ0v) is 8.71. The van der Waals surface area contributed by atoms with Crippen LogP contribution in [0.3, 0.4) is 0 Å². The van der Waals surface area contributed by atoms with Crippen LogP contribution in [-0.2, 0) is 4.79 Å². The fourth-order valence-corrected chi connectivity index (χ4v) is 0.906. The summed E-state index contributed by atoms with van der Waals surface area (Å²) < 4.78 is 0. The van der Waals surface area contributed by atoms with E-state index < -0.39 is 0 Å². The van der Waals surface area contributed by atoms with Crippen molar-refractivity contribution in [2.24, 2.45) is 0 Å². The van der Waals surface area contributed by atoms with Gasteiger partial charge in [-0.2, -0.15) is 0 Å². The molecule has 0 aliphatic rings. The Bertz CT molecular complexity index is 334. The summed E-state index contributed by atoms with van der Waals surface area (Å²) in [5, 5.41) is 9.19. The van der Waals surface area contributed by atoms with Gasteiger partial charge in [0.15, 0.2) is 5.78 Å². The molecule has 4 heteroatoms. The van der Waals surface area contributed by atoms with Crippen LogP contribution in [0, 0.1) is 0 Å². The Morgan fingerprint density at radius 1 is 1.50 bits per heavy atom. The lowest BCUT2D eigenvalue weighted by Crippen LogP contribution is -1.90. The quantitative estimate of drug-likeness (QED) is 0.577. The molecule has 0 aliphatic carbocycles.